The van der Waals surface area contributed by atoms with Crippen molar-refractivity contribution >= 4 is 22.9 Å². The van der Waals surface area contributed by atoms with Gasteiger partial charge in [0.05, 0.1) is 17.9 Å². The number of nitrogen functional groups attached to an aromatic ring is 1. The number of aromatic nitrogens is 2. The van der Waals surface area contributed by atoms with E-state index in [0.717, 1.165) is 23.4 Å². The third-order valence-electron chi connectivity index (χ3n) is 3.38. The number of nitrogens with one attached hydrogen (secondary N) is 1. The molecule has 1 amide bonds. The molecule has 0 fully saturated rings. The fraction of sp³-hybridized carbons (Fsp3) is 0.467. The van der Waals surface area contributed by atoms with Crippen LogP contribution in [0.4, 0.5) is 5.69 Å². The first-order valence-corrected chi connectivity index (χ1v) is 8.08. The van der Waals surface area contributed by atoms with Crippen LogP contribution in [0.3, 0.4) is 0 Å². The van der Waals surface area contributed by atoms with Gasteiger partial charge in [-0.05, 0) is 31.7 Å². The maximum atomic E-state index is 12.7. The first kappa shape index (κ1) is 15.6. The van der Waals surface area contributed by atoms with E-state index in [4.69, 9.17) is 5.73 Å². The zero-order chi connectivity index (χ0) is 15.4. The molecule has 0 atom stereocenters. The Bertz CT molecular complexity index is 589. The van der Waals surface area contributed by atoms with Gasteiger partial charge in [-0.15, -0.1) is 11.3 Å². The predicted octanol–water partition coefficient (Wildman–Crippen LogP) is 3.06. The summed E-state index contributed by atoms with van der Waals surface area (Å²) in [5.74, 6) is -0.116. The molecule has 3 N–H and O–H groups in total. The van der Waals surface area contributed by atoms with Gasteiger partial charge in [0.1, 0.15) is 0 Å². The summed E-state index contributed by atoms with van der Waals surface area (Å²) >= 11 is 1.65. The Hall–Kier alpha value is -1.82. The third kappa shape index (κ3) is 3.44. The average molecular weight is 306 g/mol. The van der Waals surface area contributed by atoms with Gasteiger partial charge in [0, 0.05) is 10.9 Å². The number of H-pyrrole nitrogens is 1. The quantitative estimate of drug-likeness (QED) is 0.861. The predicted molar refractivity (Wildman–Crippen MR) is 86.3 cm³/mol. The van der Waals surface area contributed by atoms with Crippen molar-refractivity contribution in [3.05, 3.63) is 33.8 Å². The van der Waals surface area contributed by atoms with E-state index in [2.05, 4.69) is 17.1 Å². The molecule has 21 heavy (non-hydrogen) atoms. The maximum absolute atomic E-state index is 12.7. The lowest BCUT2D eigenvalue weighted by molar-refractivity contribution is 0.0687. The molecule has 0 radical (unpaired) electrons. The number of carbonyl (C=O) groups excluding carboxylic acids is 1. The number of rotatable bonds is 6. The van der Waals surface area contributed by atoms with Crippen LogP contribution < -0.4 is 5.73 Å². The average Bonchev–Trinajstić information content (AvgIpc) is 3.07. The molecule has 0 saturated heterocycles. The van der Waals surface area contributed by atoms with E-state index in [9.17, 15) is 4.79 Å². The monoisotopic (exact) mass is 306 g/mol. The van der Waals surface area contributed by atoms with E-state index >= 15 is 0 Å². The lowest BCUT2D eigenvalue weighted by atomic mass is 10.2. The summed E-state index contributed by atoms with van der Waals surface area (Å²) in [5.41, 5.74) is 7.73. The molecule has 0 spiro atoms. The molecule has 0 aliphatic rings. The molecule has 2 rings (SSSR count). The Labute approximate surface area is 129 Å². The molecule has 0 bridgehead atoms. The topological polar surface area (TPSA) is 75.0 Å². The second-order valence-electron chi connectivity index (χ2n) is 5.32. The molecule has 5 nitrogen and oxygen atoms in total. The van der Waals surface area contributed by atoms with Crippen molar-refractivity contribution in [2.75, 3.05) is 5.73 Å². The van der Waals surface area contributed by atoms with Gasteiger partial charge in [-0.2, -0.15) is 5.10 Å². The molecule has 0 aliphatic carbocycles. The number of amides is 1. The van der Waals surface area contributed by atoms with Crippen LogP contribution in [0.1, 0.15) is 48.3 Å². The molecule has 0 aliphatic heterocycles. The fourth-order valence-electron chi connectivity index (χ4n) is 2.19. The minimum atomic E-state index is -0.116. The van der Waals surface area contributed by atoms with E-state index in [1.165, 1.54) is 0 Å². The van der Waals surface area contributed by atoms with Crippen LogP contribution in [0.5, 0.6) is 0 Å². The van der Waals surface area contributed by atoms with Crippen LogP contribution in [-0.4, -0.2) is 27.0 Å². The van der Waals surface area contributed by atoms with Crippen LogP contribution >= 0.6 is 11.3 Å². The van der Waals surface area contributed by atoms with Gasteiger partial charge in [-0.1, -0.05) is 19.4 Å². The summed E-state index contributed by atoms with van der Waals surface area (Å²) in [7, 11) is 0. The van der Waals surface area contributed by atoms with Crippen LogP contribution in [0.2, 0.25) is 0 Å². The Balaban J connectivity index is 2.22. The number of anilines is 1. The molecule has 2 heterocycles. The molecule has 0 saturated carbocycles. The summed E-state index contributed by atoms with van der Waals surface area (Å²) in [6.07, 6.45) is 1.77. The van der Waals surface area contributed by atoms with Gasteiger partial charge in [0.25, 0.3) is 5.91 Å². The van der Waals surface area contributed by atoms with Crippen LogP contribution in [-0.2, 0) is 13.0 Å². The highest BCUT2D eigenvalue weighted by atomic mass is 32.1. The second kappa shape index (κ2) is 6.76. The smallest absolute Gasteiger partial charge is 0.277 e. The van der Waals surface area contributed by atoms with E-state index in [-0.39, 0.29) is 11.9 Å². The molecule has 0 aromatic carbocycles. The van der Waals surface area contributed by atoms with Gasteiger partial charge in [-0.3, -0.25) is 9.89 Å². The number of carbonyl (C=O) groups is 1. The van der Waals surface area contributed by atoms with Crippen LogP contribution in [0.25, 0.3) is 0 Å². The van der Waals surface area contributed by atoms with E-state index < -0.39 is 0 Å². The van der Waals surface area contributed by atoms with E-state index in [1.807, 2.05) is 31.4 Å². The molecular formula is C15H22N4OS. The fourth-order valence-corrected chi connectivity index (χ4v) is 2.89. The lowest BCUT2D eigenvalue weighted by Crippen LogP contribution is -2.36. The van der Waals surface area contributed by atoms with Gasteiger partial charge in [0.15, 0.2) is 5.69 Å². The number of aryl methyl sites for hydroxylation is 1. The highest BCUT2D eigenvalue weighted by Gasteiger charge is 2.25. The summed E-state index contributed by atoms with van der Waals surface area (Å²) in [6, 6.07) is 4.11. The van der Waals surface area contributed by atoms with Crippen LogP contribution in [0.15, 0.2) is 17.5 Å². The summed E-state index contributed by atoms with van der Waals surface area (Å²) < 4.78 is 0. The minimum Gasteiger partial charge on any atom is -0.395 e. The van der Waals surface area contributed by atoms with Gasteiger partial charge in [0.2, 0.25) is 0 Å². The first-order valence-electron chi connectivity index (χ1n) is 7.20. The van der Waals surface area contributed by atoms with Gasteiger partial charge in [-0.25, -0.2) is 0 Å². The third-order valence-corrected chi connectivity index (χ3v) is 4.24. The van der Waals surface area contributed by atoms with E-state index in [1.54, 1.807) is 16.2 Å². The van der Waals surface area contributed by atoms with Crippen molar-refractivity contribution < 1.29 is 4.79 Å². The summed E-state index contributed by atoms with van der Waals surface area (Å²) in [6.45, 7) is 6.66. The standard InChI is InChI=1S/C15H22N4OS/c1-4-6-12-13(16)14(18-17-12)15(20)19(10(2)3)9-11-7-5-8-21-11/h5,7-8,10H,4,6,9,16H2,1-3H3,(H,17,18). The Kier molecular flexibility index (Phi) is 5.01. The molecule has 114 valence electrons. The molecular weight excluding hydrogens is 284 g/mol. The number of hydrogen-bond donors (Lipinski definition) is 2. The number of nitrogens with two attached hydrogens (primary N) is 1. The largest absolute Gasteiger partial charge is 0.395 e. The van der Waals surface area contributed by atoms with E-state index in [0.29, 0.717) is 17.9 Å². The normalized spacial score (nSPS) is 11.0. The summed E-state index contributed by atoms with van der Waals surface area (Å²) in [5, 5.41) is 9.03. The second-order valence-corrected chi connectivity index (χ2v) is 6.35. The van der Waals surface area contributed by atoms with Crippen molar-refractivity contribution in [1.29, 1.82) is 0 Å². The zero-order valence-corrected chi connectivity index (χ0v) is 13.5. The number of aromatic amines is 1. The highest BCUT2D eigenvalue weighted by molar-refractivity contribution is 7.09. The van der Waals surface area contributed by atoms with Crippen molar-refractivity contribution in [3.8, 4) is 0 Å². The van der Waals surface area contributed by atoms with Crippen molar-refractivity contribution in [3.63, 3.8) is 0 Å². The number of hydrogen-bond acceptors (Lipinski definition) is 4. The number of nitrogens with zero attached hydrogens (tertiary/aromatic N) is 2. The minimum absolute atomic E-state index is 0.0883. The lowest BCUT2D eigenvalue weighted by Gasteiger charge is -2.25. The molecule has 2 aromatic heterocycles. The molecule has 6 heteroatoms. The first-order chi connectivity index (χ1) is 10.0. The van der Waals surface area contributed by atoms with Crippen LogP contribution in [0, 0.1) is 0 Å². The Morgan fingerprint density at radius 1 is 1.52 bits per heavy atom. The Morgan fingerprint density at radius 3 is 2.86 bits per heavy atom. The van der Waals surface area contributed by atoms with Gasteiger partial charge < -0.3 is 10.6 Å². The van der Waals surface area contributed by atoms with Crippen molar-refractivity contribution in [2.45, 2.75) is 46.2 Å². The maximum Gasteiger partial charge on any atom is 0.277 e. The number of thiophene rings is 1. The highest BCUT2D eigenvalue weighted by Crippen LogP contribution is 2.21. The molecule has 0 unspecified atom stereocenters. The zero-order valence-electron chi connectivity index (χ0n) is 12.7. The Morgan fingerprint density at radius 2 is 2.29 bits per heavy atom. The SMILES string of the molecule is CCCc1[nH]nc(C(=O)N(Cc2cccs2)C(C)C)c1N. The van der Waals surface area contributed by atoms with Gasteiger partial charge >= 0.3 is 0 Å². The van der Waals surface area contributed by atoms with Crippen molar-refractivity contribution in [2.24, 2.45) is 0 Å². The molecule has 2 aromatic rings. The van der Waals surface area contributed by atoms with Crippen molar-refractivity contribution in [1.82, 2.24) is 15.1 Å². The summed E-state index contributed by atoms with van der Waals surface area (Å²) in [4.78, 5) is 15.7.